The number of ketones is 1. The zero-order chi connectivity index (χ0) is 11.8. The van der Waals surface area contributed by atoms with Gasteiger partial charge in [0.25, 0.3) is 0 Å². The minimum atomic E-state index is 0.363. The van der Waals surface area contributed by atoms with Crippen LogP contribution in [0.5, 0.6) is 0 Å². The molecule has 0 aromatic rings. The molecule has 94 valence electrons. The smallest absolute Gasteiger partial charge is 0.136 e. The van der Waals surface area contributed by atoms with Gasteiger partial charge in [0.1, 0.15) is 5.78 Å². The first-order valence-electron chi connectivity index (χ1n) is 7.30. The van der Waals surface area contributed by atoms with Crippen LogP contribution in [0.2, 0.25) is 0 Å². The SMILES string of the molecule is CCCCC(CC)C(=O)CC1CCCCC1. The zero-order valence-corrected chi connectivity index (χ0v) is 11.1. The fourth-order valence-electron chi connectivity index (χ4n) is 2.89. The summed E-state index contributed by atoms with van der Waals surface area (Å²) in [6, 6.07) is 0. The molecule has 16 heavy (non-hydrogen) atoms. The third kappa shape index (κ3) is 4.67. The highest BCUT2D eigenvalue weighted by Gasteiger charge is 2.21. The summed E-state index contributed by atoms with van der Waals surface area (Å²) >= 11 is 0. The lowest BCUT2D eigenvalue weighted by molar-refractivity contribution is -0.124. The van der Waals surface area contributed by atoms with Crippen molar-refractivity contribution in [2.75, 3.05) is 0 Å². The first-order valence-corrected chi connectivity index (χ1v) is 7.30. The summed E-state index contributed by atoms with van der Waals surface area (Å²) < 4.78 is 0. The highest BCUT2D eigenvalue weighted by molar-refractivity contribution is 5.81. The molecule has 0 aromatic heterocycles. The second-order valence-corrected chi connectivity index (χ2v) is 5.42. The molecule has 1 saturated carbocycles. The molecule has 1 unspecified atom stereocenters. The first kappa shape index (κ1) is 13.7. The second kappa shape index (κ2) is 7.86. The Kier molecular flexibility index (Phi) is 6.75. The van der Waals surface area contributed by atoms with Crippen molar-refractivity contribution < 1.29 is 4.79 Å². The van der Waals surface area contributed by atoms with Gasteiger partial charge in [0.05, 0.1) is 0 Å². The van der Waals surface area contributed by atoms with Gasteiger partial charge in [-0.05, 0) is 18.8 Å². The second-order valence-electron chi connectivity index (χ2n) is 5.42. The Bertz CT molecular complexity index is 192. The van der Waals surface area contributed by atoms with Gasteiger partial charge in [-0.2, -0.15) is 0 Å². The van der Waals surface area contributed by atoms with Crippen LogP contribution in [0.3, 0.4) is 0 Å². The van der Waals surface area contributed by atoms with E-state index in [9.17, 15) is 4.79 Å². The highest BCUT2D eigenvalue weighted by atomic mass is 16.1. The van der Waals surface area contributed by atoms with Crippen LogP contribution in [0.15, 0.2) is 0 Å². The van der Waals surface area contributed by atoms with Crippen molar-refractivity contribution in [2.24, 2.45) is 11.8 Å². The summed E-state index contributed by atoms with van der Waals surface area (Å²) in [5.74, 6) is 1.64. The van der Waals surface area contributed by atoms with Crippen LogP contribution in [0.25, 0.3) is 0 Å². The van der Waals surface area contributed by atoms with Crippen molar-refractivity contribution in [3.8, 4) is 0 Å². The van der Waals surface area contributed by atoms with E-state index in [4.69, 9.17) is 0 Å². The third-order valence-corrected chi connectivity index (χ3v) is 4.07. The lowest BCUT2D eigenvalue weighted by Gasteiger charge is -2.23. The van der Waals surface area contributed by atoms with Crippen LogP contribution >= 0.6 is 0 Å². The van der Waals surface area contributed by atoms with E-state index in [-0.39, 0.29) is 0 Å². The number of unbranched alkanes of at least 4 members (excludes halogenated alkanes) is 1. The maximum Gasteiger partial charge on any atom is 0.136 e. The summed E-state index contributed by atoms with van der Waals surface area (Å²) in [7, 11) is 0. The molecule has 0 aliphatic heterocycles. The maximum atomic E-state index is 12.1. The number of rotatable bonds is 7. The van der Waals surface area contributed by atoms with E-state index in [0.717, 1.165) is 25.2 Å². The minimum Gasteiger partial charge on any atom is -0.299 e. The fraction of sp³-hybridized carbons (Fsp3) is 0.933. The molecule has 1 heteroatoms. The maximum absolute atomic E-state index is 12.1. The minimum absolute atomic E-state index is 0.363. The van der Waals surface area contributed by atoms with Crippen LogP contribution in [-0.4, -0.2) is 5.78 Å². The van der Waals surface area contributed by atoms with Crippen molar-refractivity contribution in [3.63, 3.8) is 0 Å². The Morgan fingerprint density at radius 3 is 2.44 bits per heavy atom. The molecule has 0 aromatic carbocycles. The van der Waals surface area contributed by atoms with Gasteiger partial charge in [0.2, 0.25) is 0 Å². The Balaban J connectivity index is 2.29. The van der Waals surface area contributed by atoms with Crippen LogP contribution in [0.1, 0.15) is 78.1 Å². The molecule has 0 N–H and O–H groups in total. The van der Waals surface area contributed by atoms with E-state index in [0.29, 0.717) is 11.7 Å². The number of hydrogen-bond acceptors (Lipinski definition) is 1. The summed E-state index contributed by atoms with van der Waals surface area (Å²) in [6.07, 6.45) is 12.2. The van der Waals surface area contributed by atoms with Crippen molar-refractivity contribution in [1.82, 2.24) is 0 Å². The van der Waals surface area contributed by atoms with E-state index in [2.05, 4.69) is 13.8 Å². The molecule has 1 nitrogen and oxygen atoms in total. The van der Waals surface area contributed by atoms with Gasteiger partial charge in [0.15, 0.2) is 0 Å². The molecule has 1 aliphatic rings. The number of Topliss-reactive ketones (excluding diaryl/α,β-unsaturated/α-hetero) is 1. The Morgan fingerprint density at radius 1 is 1.19 bits per heavy atom. The van der Waals surface area contributed by atoms with Gasteiger partial charge in [-0.25, -0.2) is 0 Å². The van der Waals surface area contributed by atoms with E-state index < -0.39 is 0 Å². The normalized spacial score (nSPS) is 19.6. The number of carbonyl (C=O) groups excluding carboxylic acids is 1. The lowest BCUT2D eigenvalue weighted by atomic mass is 9.82. The van der Waals surface area contributed by atoms with Gasteiger partial charge in [-0.1, -0.05) is 58.8 Å². The summed E-state index contributed by atoms with van der Waals surface area (Å²) in [5, 5.41) is 0. The van der Waals surface area contributed by atoms with Crippen LogP contribution in [0, 0.1) is 11.8 Å². The number of hydrogen-bond donors (Lipinski definition) is 0. The van der Waals surface area contributed by atoms with Gasteiger partial charge >= 0.3 is 0 Å². The number of carbonyl (C=O) groups is 1. The van der Waals surface area contributed by atoms with Crippen molar-refractivity contribution >= 4 is 5.78 Å². The lowest BCUT2D eigenvalue weighted by Crippen LogP contribution is -2.19. The van der Waals surface area contributed by atoms with Gasteiger partial charge in [-0.3, -0.25) is 4.79 Å². The zero-order valence-electron chi connectivity index (χ0n) is 11.1. The monoisotopic (exact) mass is 224 g/mol. The molecule has 0 amide bonds. The molecule has 1 fully saturated rings. The van der Waals surface area contributed by atoms with Crippen molar-refractivity contribution in [2.45, 2.75) is 78.1 Å². The highest BCUT2D eigenvalue weighted by Crippen LogP contribution is 2.28. The van der Waals surface area contributed by atoms with Crippen molar-refractivity contribution in [1.29, 1.82) is 0 Å². The molecule has 0 saturated heterocycles. The van der Waals surface area contributed by atoms with E-state index in [1.807, 2.05) is 0 Å². The van der Waals surface area contributed by atoms with Gasteiger partial charge < -0.3 is 0 Å². The molecular formula is C15H28O. The average molecular weight is 224 g/mol. The Labute approximate surface area is 101 Å². The average Bonchev–Trinajstić information content (AvgIpc) is 2.31. The third-order valence-electron chi connectivity index (χ3n) is 4.07. The fourth-order valence-corrected chi connectivity index (χ4v) is 2.89. The molecule has 0 radical (unpaired) electrons. The molecular weight excluding hydrogens is 196 g/mol. The van der Waals surface area contributed by atoms with Crippen molar-refractivity contribution in [3.05, 3.63) is 0 Å². The predicted molar refractivity (Wildman–Crippen MR) is 69.5 cm³/mol. The van der Waals surface area contributed by atoms with Gasteiger partial charge in [0, 0.05) is 12.3 Å². The topological polar surface area (TPSA) is 17.1 Å². The molecule has 1 rings (SSSR count). The van der Waals surface area contributed by atoms with E-state index >= 15 is 0 Å². The largest absolute Gasteiger partial charge is 0.299 e. The molecule has 0 bridgehead atoms. The van der Waals surface area contributed by atoms with E-state index in [1.165, 1.54) is 44.9 Å². The van der Waals surface area contributed by atoms with E-state index in [1.54, 1.807) is 0 Å². The van der Waals surface area contributed by atoms with Crippen LogP contribution in [0.4, 0.5) is 0 Å². The Morgan fingerprint density at radius 2 is 1.88 bits per heavy atom. The van der Waals surface area contributed by atoms with Crippen LogP contribution < -0.4 is 0 Å². The molecule has 1 aliphatic carbocycles. The molecule has 0 spiro atoms. The van der Waals surface area contributed by atoms with Crippen LogP contribution in [-0.2, 0) is 4.79 Å². The first-order chi connectivity index (χ1) is 7.77. The molecule has 1 atom stereocenters. The quantitative estimate of drug-likeness (QED) is 0.610. The summed E-state index contributed by atoms with van der Waals surface area (Å²) in [6.45, 7) is 4.37. The predicted octanol–water partition coefficient (Wildman–Crippen LogP) is 4.74. The van der Waals surface area contributed by atoms with Gasteiger partial charge in [-0.15, -0.1) is 0 Å². The molecule has 0 heterocycles. The standard InChI is InChI=1S/C15H28O/c1-3-5-11-14(4-2)15(16)12-13-9-7-6-8-10-13/h13-14H,3-12H2,1-2H3. The Hall–Kier alpha value is -0.330. The summed E-state index contributed by atoms with van der Waals surface area (Å²) in [5.41, 5.74) is 0. The summed E-state index contributed by atoms with van der Waals surface area (Å²) in [4.78, 5) is 12.1.